The molecule has 3 rings (SSSR count). The van der Waals surface area contributed by atoms with Gasteiger partial charge in [0.1, 0.15) is 0 Å². The molecule has 3 nitrogen and oxygen atoms in total. The van der Waals surface area contributed by atoms with Crippen LogP contribution in [-0.2, 0) is 6.42 Å². The van der Waals surface area contributed by atoms with E-state index in [9.17, 15) is 0 Å². The lowest BCUT2D eigenvalue weighted by atomic mass is 10.1. The zero-order valence-corrected chi connectivity index (χ0v) is 12.7. The van der Waals surface area contributed by atoms with Crippen LogP contribution in [0.15, 0.2) is 30.3 Å². The SMILES string of the molecule is Cl.c1ccc(CC2NCN(C3CCNCC3)S2)cc1. The van der Waals surface area contributed by atoms with Crippen molar-refractivity contribution in [2.75, 3.05) is 19.8 Å². The Balaban J connectivity index is 0.00000133. The minimum Gasteiger partial charge on any atom is -0.317 e. The topological polar surface area (TPSA) is 27.3 Å². The summed E-state index contributed by atoms with van der Waals surface area (Å²) in [6, 6.07) is 11.5. The smallest absolute Gasteiger partial charge is 0.0732 e. The van der Waals surface area contributed by atoms with E-state index in [1.54, 1.807) is 0 Å². The molecule has 1 unspecified atom stereocenters. The average molecular weight is 300 g/mol. The normalized spacial score (nSPS) is 25.2. The van der Waals surface area contributed by atoms with Gasteiger partial charge in [-0.3, -0.25) is 5.32 Å². The van der Waals surface area contributed by atoms with Crippen molar-refractivity contribution >= 4 is 24.4 Å². The summed E-state index contributed by atoms with van der Waals surface area (Å²) in [5.74, 6) is 0. The van der Waals surface area contributed by atoms with Gasteiger partial charge in [-0.15, -0.1) is 12.4 Å². The van der Waals surface area contributed by atoms with E-state index in [1.165, 1.54) is 31.5 Å². The van der Waals surface area contributed by atoms with Crippen molar-refractivity contribution in [2.24, 2.45) is 0 Å². The largest absolute Gasteiger partial charge is 0.317 e. The second kappa shape index (κ2) is 7.50. The van der Waals surface area contributed by atoms with Crippen molar-refractivity contribution in [3.8, 4) is 0 Å². The maximum Gasteiger partial charge on any atom is 0.0732 e. The van der Waals surface area contributed by atoms with Gasteiger partial charge < -0.3 is 5.32 Å². The van der Waals surface area contributed by atoms with Gasteiger partial charge >= 0.3 is 0 Å². The first-order valence-electron chi connectivity index (χ1n) is 6.83. The van der Waals surface area contributed by atoms with Crippen molar-refractivity contribution in [3.05, 3.63) is 35.9 Å². The van der Waals surface area contributed by atoms with Gasteiger partial charge in [-0.25, -0.2) is 4.31 Å². The highest BCUT2D eigenvalue weighted by Gasteiger charge is 2.29. The van der Waals surface area contributed by atoms with Crippen LogP contribution in [0.2, 0.25) is 0 Å². The molecule has 0 bridgehead atoms. The number of nitrogens with one attached hydrogen (secondary N) is 2. The fraction of sp³-hybridized carbons (Fsp3) is 0.571. The molecule has 5 heteroatoms. The number of rotatable bonds is 3. The number of nitrogens with zero attached hydrogens (tertiary/aromatic N) is 1. The first kappa shape index (κ1) is 15.1. The fourth-order valence-electron chi connectivity index (χ4n) is 2.68. The Morgan fingerprint density at radius 2 is 1.89 bits per heavy atom. The summed E-state index contributed by atoms with van der Waals surface area (Å²) in [4.78, 5) is 0. The summed E-state index contributed by atoms with van der Waals surface area (Å²) >= 11 is 2.01. The molecule has 0 aliphatic carbocycles. The Bertz CT molecular complexity index is 370. The van der Waals surface area contributed by atoms with Crippen LogP contribution in [0, 0.1) is 0 Å². The quantitative estimate of drug-likeness (QED) is 0.837. The van der Waals surface area contributed by atoms with Crippen LogP contribution >= 0.6 is 24.4 Å². The number of halogens is 1. The van der Waals surface area contributed by atoms with Crippen LogP contribution in [0.4, 0.5) is 0 Å². The van der Waals surface area contributed by atoms with Gasteiger partial charge in [0.2, 0.25) is 0 Å². The first-order valence-corrected chi connectivity index (χ1v) is 7.67. The van der Waals surface area contributed by atoms with Gasteiger partial charge in [-0.1, -0.05) is 42.3 Å². The van der Waals surface area contributed by atoms with Crippen molar-refractivity contribution < 1.29 is 0 Å². The Labute approximate surface area is 126 Å². The van der Waals surface area contributed by atoms with Gasteiger partial charge in [0.05, 0.1) is 12.0 Å². The molecule has 0 aromatic heterocycles. The average Bonchev–Trinajstić information content (AvgIpc) is 2.89. The first-order chi connectivity index (χ1) is 8.92. The maximum atomic E-state index is 3.62. The molecule has 2 aliphatic heterocycles. The lowest BCUT2D eigenvalue weighted by Gasteiger charge is -2.29. The van der Waals surface area contributed by atoms with Crippen LogP contribution in [0.1, 0.15) is 18.4 Å². The van der Waals surface area contributed by atoms with Crippen molar-refractivity contribution in [3.63, 3.8) is 0 Å². The van der Waals surface area contributed by atoms with E-state index in [0.29, 0.717) is 5.37 Å². The van der Waals surface area contributed by atoms with Gasteiger partial charge in [-0.05, 0) is 37.9 Å². The summed E-state index contributed by atoms with van der Waals surface area (Å²) < 4.78 is 2.55. The summed E-state index contributed by atoms with van der Waals surface area (Å²) in [5.41, 5.74) is 1.43. The van der Waals surface area contributed by atoms with Crippen LogP contribution in [0.3, 0.4) is 0 Å². The maximum absolute atomic E-state index is 3.62. The molecule has 2 fully saturated rings. The Kier molecular flexibility index (Phi) is 5.98. The summed E-state index contributed by atoms with van der Waals surface area (Å²) in [6.07, 6.45) is 3.69. The third kappa shape index (κ3) is 4.10. The van der Waals surface area contributed by atoms with Gasteiger partial charge in [0.15, 0.2) is 0 Å². The number of hydrogen-bond acceptors (Lipinski definition) is 4. The molecule has 0 amide bonds. The lowest BCUT2D eigenvalue weighted by molar-refractivity contribution is 0.284. The zero-order valence-electron chi connectivity index (χ0n) is 11.0. The molecule has 1 atom stereocenters. The molecule has 1 aromatic carbocycles. The van der Waals surface area contributed by atoms with Crippen molar-refractivity contribution in [1.82, 2.24) is 14.9 Å². The lowest BCUT2D eigenvalue weighted by Crippen LogP contribution is -2.39. The Morgan fingerprint density at radius 3 is 2.63 bits per heavy atom. The van der Waals surface area contributed by atoms with Crippen LogP contribution in [0.5, 0.6) is 0 Å². The molecule has 2 heterocycles. The van der Waals surface area contributed by atoms with Crippen molar-refractivity contribution in [2.45, 2.75) is 30.7 Å². The fourth-order valence-corrected chi connectivity index (χ4v) is 3.95. The Hall–Kier alpha value is -0.260. The second-order valence-electron chi connectivity index (χ2n) is 5.04. The number of benzene rings is 1. The highest BCUT2D eigenvalue weighted by atomic mass is 35.5. The molecular weight excluding hydrogens is 278 g/mol. The molecule has 19 heavy (non-hydrogen) atoms. The molecule has 2 saturated heterocycles. The minimum atomic E-state index is 0. The van der Waals surface area contributed by atoms with E-state index in [-0.39, 0.29) is 12.4 Å². The van der Waals surface area contributed by atoms with E-state index in [4.69, 9.17) is 0 Å². The molecule has 0 radical (unpaired) electrons. The minimum absolute atomic E-state index is 0. The number of hydrogen-bond donors (Lipinski definition) is 2. The molecule has 1 aromatic rings. The highest BCUT2D eigenvalue weighted by Crippen LogP contribution is 2.29. The highest BCUT2D eigenvalue weighted by molar-refractivity contribution is 7.97. The molecule has 0 saturated carbocycles. The molecule has 106 valence electrons. The third-order valence-corrected chi connectivity index (χ3v) is 5.00. The molecular formula is C14H22ClN3S. The Morgan fingerprint density at radius 1 is 1.16 bits per heavy atom. The van der Waals surface area contributed by atoms with E-state index in [2.05, 4.69) is 45.3 Å². The number of piperidine rings is 1. The van der Waals surface area contributed by atoms with Gasteiger partial charge in [-0.2, -0.15) is 0 Å². The van der Waals surface area contributed by atoms with Crippen LogP contribution in [-0.4, -0.2) is 35.5 Å². The van der Waals surface area contributed by atoms with Crippen LogP contribution < -0.4 is 10.6 Å². The summed E-state index contributed by atoms with van der Waals surface area (Å²) in [5, 5.41) is 7.60. The van der Waals surface area contributed by atoms with E-state index >= 15 is 0 Å². The summed E-state index contributed by atoms with van der Waals surface area (Å²) in [7, 11) is 0. The van der Waals surface area contributed by atoms with Gasteiger partial charge in [0.25, 0.3) is 0 Å². The summed E-state index contributed by atoms with van der Waals surface area (Å²) in [6.45, 7) is 3.38. The van der Waals surface area contributed by atoms with E-state index in [1.807, 2.05) is 11.9 Å². The van der Waals surface area contributed by atoms with Gasteiger partial charge in [0, 0.05) is 6.04 Å². The van der Waals surface area contributed by atoms with E-state index in [0.717, 1.165) is 19.1 Å². The van der Waals surface area contributed by atoms with Crippen LogP contribution in [0.25, 0.3) is 0 Å². The molecule has 2 aliphatic rings. The van der Waals surface area contributed by atoms with Crippen molar-refractivity contribution in [1.29, 1.82) is 0 Å². The standard InChI is InChI=1S/C14H21N3S.ClH/c1-2-4-12(5-3-1)10-14-16-11-17(18-14)13-6-8-15-9-7-13;/h1-5,13-16H,6-11H2;1H. The predicted octanol–water partition coefficient (Wildman–Crippen LogP) is 2.24. The monoisotopic (exact) mass is 299 g/mol. The second-order valence-corrected chi connectivity index (χ2v) is 6.29. The molecule has 2 N–H and O–H groups in total. The predicted molar refractivity (Wildman–Crippen MR) is 84.5 cm³/mol. The third-order valence-electron chi connectivity index (χ3n) is 3.72. The molecule has 0 spiro atoms. The zero-order chi connectivity index (χ0) is 12.2. The van der Waals surface area contributed by atoms with E-state index < -0.39 is 0 Å².